The number of nitrogens with one attached hydrogen (secondary N) is 1. The van der Waals surface area contributed by atoms with E-state index in [1.807, 2.05) is 0 Å². The van der Waals surface area contributed by atoms with Crippen molar-refractivity contribution in [1.29, 1.82) is 0 Å². The number of carbonyl (C=O) groups excluding carboxylic acids is 1. The molecule has 0 radical (unpaired) electrons. The molecule has 1 N–H and O–H groups in total. The first kappa shape index (κ1) is 12.7. The third-order valence-corrected chi connectivity index (χ3v) is 7.64. The highest BCUT2D eigenvalue weighted by atomic mass is 16.2. The van der Waals surface area contributed by atoms with Crippen LogP contribution in [0.5, 0.6) is 0 Å². The maximum atomic E-state index is 12.2. The summed E-state index contributed by atoms with van der Waals surface area (Å²) in [4.78, 5) is 14.3. The summed E-state index contributed by atoms with van der Waals surface area (Å²) in [6.07, 6.45) is 9.08. The predicted molar refractivity (Wildman–Crippen MR) is 81.4 cm³/mol. The first-order valence-corrected chi connectivity index (χ1v) is 8.84. The SMILES string of the molecule is CC(=O)N1CCC[C@]23C1=C[C@@H]1C[C@@H](C)C[C@]24NC[C@H]3C[C@H]14. The molecular formula is C18H26N2O. The van der Waals surface area contributed by atoms with Crippen LogP contribution in [0.25, 0.3) is 0 Å². The number of carbonyl (C=O) groups is 1. The Hall–Kier alpha value is -0.830. The van der Waals surface area contributed by atoms with E-state index in [9.17, 15) is 4.79 Å². The number of likely N-dealkylation sites (tertiary alicyclic amines) is 1. The molecule has 0 aromatic rings. The van der Waals surface area contributed by atoms with Crippen molar-refractivity contribution in [3.63, 3.8) is 0 Å². The van der Waals surface area contributed by atoms with Crippen molar-refractivity contribution in [2.75, 3.05) is 13.1 Å². The van der Waals surface area contributed by atoms with Crippen LogP contribution in [-0.4, -0.2) is 29.4 Å². The van der Waals surface area contributed by atoms with E-state index in [0.29, 0.717) is 11.5 Å². The standard InChI is InChI=1S/C18H26N2O/c1-11-6-13-7-16-17(4-3-5-20(16)12(2)21)14-8-15(13)18(17,9-11)19-10-14/h7,11,13-15,19H,3-6,8-10H2,1-2H3/t11-,13+,14-,15-,17+,18-/m1/s1. The second-order valence-electron chi connectivity index (χ2n) is 8.40. The van der Waals surface area contributed by atoms with E-state index in [1.165, 1.54) is 44.3 Å². The van der Waals surface area contributed by atoms with Crippen LogP contribution in [0, 0.1) is 29.1 Å². The molecule has 2 spiro atoms. The number of nitrogens with zero attached hydrogens (tertiary/aromatic N) is 1. The first-order valence-electron chi connectivity index (χ1n) is 8.84. The molecule has 0 aromatic carbocycles. The lowest BCUT2D eigenvalue weighted by Gasteiger charge is -2.59. The molecule has 6 atom stereocenters. The molecule has 0 aromatic heterocycles. The Morgan fingerprint density at radius 2 is 2.29 bits per heavy atom. The topological polar surface area (TPSA) is 32.3 Å². The minimum atomic E-state index is 0.257. The highest BCUT2D eigenvalue weighted by molar-refractivity contribution is 5.76. The smallest absolute Gasteiger partial charge is 0.223 e. The van der Waals surface area contributed by atoms with Crippen LogP contribution in [0.4, 0.5) is 0 Å². The zero-order chi connectivity index (χ0) is 14.4. The number of piperidine rings is 2. The first-order chi connectivity index (χ1) is 10.1. The second-order valence-corrected chi connectivity index (χ2v) is 8.40. The van der Waals surface area contributed by atoms with Crippen LogP contribution in [-0.2, 0) is 4.79 Å². The van der Waals surface area contributed by atoms with Crippen LogP contribution in [0.15, 0.2) is 11.8 Å². The van der Waals surface area contributed by atoms with E-state index in [1.54, 1.807) is 6.92 Å². The minimum absolute atomic E-state index is 0.257. The van der Waals surface area contributed by atoms with Gasteiger partial charge in [0.05, 0.1) is 0 Å². The Labute approximate surface area is 127 Å². The Balaban J connectivity index is 1.74. The van der Waals surface area contributed by atoms with Gasteiger partial charge in [-0.1, -0.05) is 13.0 Å². The maximum absolute atomic E-state index is 12.2. The molecule has 5 bridgehead atoms. The van der Waals surface area contributed by atoms with Gasteiger partial charge in [0, 0.05) is 30.1 Å². The van der Waals surface area contributed by atoms with Gasteiger partial charge in [-0.05, 0) is 62.3 Å². The molecule has 2 saturated heterocycles. The van der Waals surface area contributed by atoms with Crippen LogP contribution in [0.2, 0.25) is 0 Å². The molecule has 21 heavy (non-hydrogen) atoms. The van der Waals surface area contributed by atoms with Crippen molar-refractivity contribution in [1.82, 2.24) is 10.2 Å². The summed E-state index contributed by atoms with van der Waals surface area (Å²) in [5, 5.41) is 4.00. The molecule has 3 aliphatic carbocycles. The van der Waals surface area contributed by atoms with Crippen molar-refractivity contribution < 1.29 is 4.79 Å². The molecule has 0 unspecified atom stereocenters. The molecule has 3 nitrogen and oxygen atoms in total. The molecule has 2 aliphatic heterocycles. The molecule has 2 saturated carbocycles. The molecule has 5 rings (SSSR count). The van der Waals surface area contributed by atoms with Gasteiger partial charge in [-0.25, -0.2) is 0 Å². The van der Waals surface area contributed by atoms with Crippen molar-refractivity contribution in [3.8, 4) is 0 Å². The monoisotopic (exact) mass is 286 g/mol. The van der Waals surface area contributed by atoms with Gasteiger partial charge in [-0.3, -0.25) is 4.79 Å². The number of hydrogen-bond acceptors (Lipinski definition) is 2. The summed E-state index contributed by atoms with van der Waals surface area (Å²) in [5.41, 5.74) is 2.03. The normalized spacial score (nSPS) is 53.4. The summed E-state index contributed by atoms with van der Waals surface area (Å²) < 4.78 is 0. The van der Waals surface area contributed by atoms with Gasteiger partial charge in [0.1, 0.15) is 0 Å². The summed E-state index contributed by atoms with van der Waals surface area (Å²) >= 11 is 0. The summed E-state index contributed by atoms with van der Waals surface area (Å²) in [6.45, 7) is 6.31. The lowest BCUT2D eigenvalue weighted by molar-refractivity contribution is -0.130. The number of hydrogen-bond donors (Lipinski definition) is 1. The van der Waals surface area contributed by atoms with Gasteiger partial charge in [0.15, 0.2) is 0 Å². The zero-order valence-electron chi connectivity index (χ0n) is 13.2. The highest BCUT2D eigenvalue weighted by Crippen LogP contribution is 2.72. The van der Waals surface area contributed by atoms with Crippen LogP contribution in [0.1, 0.15) is 46.0 Å². The fourth-order valence-electron chi connectivity index (χ4n) is 7.29. The fourth-order valence-corrected chi connectivity index (χ4v) is 7.29. The molecule has 114 valence electrons. The quantitative estimate of drug-likeness (QED) is 0.742. The van der Waals surface area contributed by atoms with E-state index >= 15 is 0 Å². The molecule has 2 heterocycles. The number of allylic oxidation sites excluding steroid dienone is 1. The van der Waals surface area contributed by atoms with Gasteiger partial charge in [0.2, 0.25) is 5.91 Å². The third-order valence-electron chi connectivity index (χ3n) is 7.64. The Morgan fingerprint density at radius 3 is 3.10 bits per heavy atom. The summed E-state index contributed by atoms with van der Waals surface area (Å²) in [7, 11) is 0. The van der Waals surface area contributed by atoms with Crippen LogP contribution >= 0.6 is 0 Å². The van der Waals surface area contributed by atoms with E-state index < -0.39 is 0 Å². The largest absolute Gasteiger partial charge is 0.316 e. The average molecular weight is 286 g/mol. The molecule has 1 amide bonds. The van der Waals surface area contributed by atoms with Crippen molar-refractivity contribution in [3.05, 3.63) is 11.8 Å². The Bertz CT molecular complexity index is 555. The van der Waals surface area contributed by atoms with Gasteiger partial charge in [0.25, 0.3) is 0 Å². The molecular weight excluding hydrogens is 260 g/mol. The number of rotatable bonds is 0. The average Bonchev–Trinajstić information content (AvgIpc) is 2.80. The van der Waals surface area contributed by atoms with Gasteiger partial charge in [-0.2, -0.15) is 0 Å². The van der Waals surface area contributed by atoms with Crippen LogP contribution < -0.4 is 5.32 Å². The predicted octanol–water partition coefficient (Wildman–Crippen LogP) is 2.54. The van der Waals surface area contributed by atoms with E-state index in [-0.39, 0.29) is 11.3 Å². The summed E-state index contributed by atoms with van der Waals surface area (Å²) in [5.74, 6) is 3.38. The second kappa shape index (κ2) is 3.73. The maximum Gasteiger partial charge on any atom is 0.223 e. The summed E-state index contributed by atoms with van der Waals surface area (Å²) in [6, 6.07) is 0. The lowest BCUT2D eigenvalue weighted by atomic mass is 9.51. The number of amides is 1. The van der Waals surface area contributed by atoms with Crippen molar-refractivity contribution in [2.45, 2.75) is 51.5 Å². The lowest BCUT2D eigenvalue weighted by Crippen LogP contribution is -2.65. The Kier molecular flexibility index (Phi) is 2.26. The van der Waals surface area contributed by atoms with E-state index in [0.717, 1.165) is 24.3 Å². The van der Waals surface area contributed by atoms with E-state index in [4.69, 9.17) is 0 Å². The molecule has 5 aliphatic rings. The molecule has 4 fully saturated rings. The van der Waals surface area contributed by atoms with Crippen molar-refractivity contribution in [2.24, 2.45) is 29.1 Å². The van der Waals surface area contributed by atoms with E-state index in [2.05, 4.69) is 23.2 Å². The third kappa shape index (κ3) is 1.22. The van der Waals surface area contributed by atoms with Crippen LogP contribution in [0.3, 0.4) is 0 Å². The Morgan fingerprint density at radius 1 is 1.43 bits per heavy atom. The van der Waals surface area contributed by atoms with Gasteiger partial charge in [-0.15, -0.1) is 0 Å². The molecule has 3 heteroatoms. The van der Waals surface area contributed by atoms with Gasteiger partial charge < -0.3 is 10.2 Å². The van der Waals surface area contributed by atoms with Crippen molar-refractivity contribution >= 4 is 5.91 Å². The van der Waals surface area contributed by atoms with Gasteiger partial charge >= 0.3 is 0 Å². The minimum Gasteiger partial charge on any atom is -0.316 e. The highest BCUT2D eigenvalue weighted by Gasteiger charge is 2.74. The fraction of sp³-hybridized carbons (Fsp3) is 0.833. The zero-order valence-corrected chi connectivity index (χ0v) is 13.2.